The Kier molecular flexibility index (Phi) is 7.31. The van der Waals surface area contributed by atoms with E-state index in [1.807, 2.05) is 18.2 Å². The van der Waals surface area contributed by atoms with Crippen LogP contribution in [0.15, 0.2) is 30.3 Å². The molecule has 22 heavy (non-hydrogen) atoms. The summed E-state index contributed by atoms with van der Waals surface area (Å²) < 4.78 is 5.06. The summed E-state index contributed by atoms with van der Waals surface area (Å²) in [5, 5.41) is 0. The Bertz CT molecular complexity index is 486. The Morgan fingerprint density at radius 2 is 1.68 bits per heavy atom. The number of nitrogens with two attached hydrogens (primary N) is 1. The average molecular weight is 328 g/mol. The van der Waals surface area contributed by atoms with Crippen LogP contribution in [0.5, 0.6) is 0 Å². The second-order valence-corrected chi connectivity index (χ2v) is 4.94. The Hall–Kier alpha value is -1.63. The molecule has 2 amide bonds. The minimum atomic E-state index is -0.596. The van der Waals surface area contributed by atoms with Gasteiger partial charge in [0.25, 0.3) is 11.8 Å². The van der Waals surface area contributed by atoms with Crippen LogP contribution in [0.3, 0.4) is 0 Å². The third-order valence-corrected chi connectivity index (χ3v) is 3.67. The highest BCUT2D eigenvalue weighted by molar-refractivity contribution is 5.94. The highest BCUT2D eigenvalue weighted by atomic mass is 35.5. The number of amides is 2. The van der Waals surface area contributed by atoms with E-state index in [0.717, 1.165) is 0 Å². The van der Waals surface area contributed by atoms with E-state index in [2.05, 4.69) is 0 Å². The number of methoxy groups -OCH3 is 1. The number of nitrogens with zero attached hydrogens (tertiary/aromatic N) is 2. The van der Waals surface area contributed by atoms with Crippen LogP contribution in [0.1, 0.15) is 10.4 Å². The van der Waals surface area contributed by atoms with Crippen LogP contribution in [-0.4, -0.2) is 67.6 Å². The zero-order chi connectivity index (χ0) is 15.2. The van der Waals surface area contributed by atoms with E-state index in [0.29, 0.717) is 31.7 Å². The van der Waals surface area contributed by atoms with Crippen LogP contribution < -0.4 is 5.73 Å². The molecule has 2 N–H and O–H groups in total. The fourth-order valence-corrected chi connectivity index (χ4v) is 2.39. The van der Waals surface area contributed by atoms with Crippen molar-refractivity contribution in [1.29, 1.82) is 0 Å². The molecular formula is C15H22ClN3O3. The van der Waals surface area contributed by atoms with Crippen LogP contribution in [0, 0.1) is 0 Å². The summed E-state index contributed by atoms with van der Waals surface area (Å²) in [6.45, 7) is 2.24. The minimum absolute atomic E-state index is 0. The third-order valence-electron chi connectivity index (χ3n) is 3.67. The Balaban J connectivity index is 0.00000242. The van der Waals surface area contributed by atoms with Gasteiger partial charge in [0.2, 0.25) is 0 Å². The first kappa shape index (κ1) is 18.4. The summed E-state index contributed by atoms with van der Waals surface area (Å²) in [7, 11) is 1.48. The maximum atomic E-state index is 12.3. The molecule has 1 aliphatic heterocycles. The van der Waals surface area contributed by atoms with Crippen molar-refractivity contribution < 1.29 is 14.3 Å². The zero-order valence-electron chi connectivity index (χ0n) is 12.6. The van der Waals surface area contributed by atoms with Crippen molar-refractivity contribution in [2.45, 2.75) is 6.10 Å². The van der Waals surface area contributed by atoms with Gasteiger partial charge in [-0.3, -0.25) is 9.59 Å². The van der Waals surface area contributed by atoms with E-state index in [9.17, 15) is 9.59 Å². The number of rotatable bonds is 4. The van der Waals surface area contributed by atoms with Gasteiger partial charge in [-0.25, -0.2) is 0 Å². The van der Waals surface area contributed by atoms with Crippen LogP contribution in [0.25, 0.3) is 0 Å². The van der Waals surface area contributed by atoms with E-state index < -0.39 is 6.10 Å². The first-order chi connectivity index (χ1) is 10.2. The van der Waals surface area contributed by atoms with Gasteiger partial charge in [-0.15, -0.1) is 12.4 Å². The standard InChI is InChI=1S/C15H21N3O3.ClH/c1-21-13(11-16)15(20)18-9-7-17(8-10-18)14(19)12-5-3-2-4-6-12;/h2-6,13H,7-11,16H2,1H3;1H. The van der Waals surface area contributed by atoms with Gasteiger partial charge in [-0.1, -0.05) is 18.2 Å². The van der Waals surface area contributed by atoms with Crippen LogP contribution >= 0.6 is 12.4 Å². The minimum Gasteiger partial charge on any atom is -0.370 e. The van der Waals surface area contributed by atoms with E-state index >= 15 is 0 Å². The van der Waals surface area contributed by atoms with Crippen molar-refractivity contribution in [3.05, 3.63) is 35.9 Å². The summed E-state index contributed by atoms with van der Waals surface area (Å²) in [6.07, 6.45) is -0.596. The molecule has 122 valence electrons. The Morgan fingerprint density at radius 1 is 1.14 bits per heavy atom. The molecule has 0 aliphatic carbocycles. The molecule has 1 heterocycles. The average Bonchev–Trinajstić information content (AvgIpc) is 2.56. The molecule has 1 saturated heterocycles. The number of hydrogen-bond donors (Lipinski definition) is 1. The Labute approximate surface area is 136 Å². The SMILES string of the molecule is COC(CN)C(=O)N1CCN(C(=O)c2ccccc2)CC1.Cl. The number of hydrogen-bond acceptors (Lipinski definition) is 4. The lowest BCUT2D eigenvalue weighted by Gasteiger charge is -2.36. The van der Waals surface area contributed by atoms with Gasteiger partial charge in [0.1, 0.15) is 6.10 Å². The molecule has 1 atom stereocenters. The van der Waals surface area contributed by atoms with E-state index in [1.165, 1.54) is 7.11 Å². The predicted octanol–water partition coefficient (Wildman–Crippen LogP) is 0.367. The molecule has 1 fully saturated rings. The van der Waals surface area contributed by atoms with E-state index in [1.54, 1.807) is 21.9 Å². The number of carbonyl (C=O) groups excluding carboxylic acids is 2. The molecule has 1 unspecified atom stereocenters. The number of benzene rings is 1. The molecule has 1 aromatic rings. The second kappa shape index (κ2) is 8.73. The number of piperazine rings is 1. The third kappa shape index (κ3) is 4.19. The van der Waals surface area contributed by atoms with Crippen LogP contribution in [0.4, 0.5) is 0 Å². The second-order valence-electron chi connectivity index (χ2n) is 4.94. The summed E-state index contributed by atoms with van der Waals surface area (Å²) in [4.78, 5) is 27.9. The molecule has 1 aliphatic rings. The maximum absolute atomic E-state index is 12.3. The highest BCUT2D eigenvalue weighted by Crippen LogP contribution is 2.10. The topological polar surface area (TPSA) is 75.9 Å². The smallest absolute Gasteiger partial charge is 0.253 e. The van der Waals surface area contributed by atoms with Gasteiger partial charge < -0.3 is 20.3 Å². The van der Waals surface area contributed by atoms with Crippen molar-refractivity contribution in [1.82, 2.24) is 9.80 Å². The van der Waals surface area contributed by atoms with E-state index in [4.69, 9.17) is 10.5 Å². The lowest BCUT2D eigenvalue weighted by Crippen LogP contribution is -2.54. The van der Waals surface area contributed by atoms with Crippen molar-refractivity contribution >= 4 is 24.2 Å². The lowest BCUT2D eigenvalue weighted by atomic mass is 10.1. The quantitative estimate of drug-likeness (QED) is 0.866. The first-order valence-corrected chi connectivity index (χ1v) is 7.03. The maximum Gasteiger partial charge on any atom is 0.253 e. The molecule has 1 aromatic carbocycles. The molecule has 2 rings (SSSR count). The normalized spacial score (nSPS) is 15.9. The van der Waals surface area contributed by atoms with Crippen molar-refractivity contribution in [2.75, 3.05) is 39.8 Å². The van der Waals surface area contributed by atoms with Gasteiger partial charge in [0.05, 0.1) is 0 Å². The molecule has 0 saturated carbocycles. The fourth-order valence-electron chi connectivity index (χ4n) is 2.39. The van der Waals surface area contributed by atoms with Gasteiger partial charge >= 0.3 is 0 Å². The first-order valence-electron chi connectivity index (χ1n) is 7.03. The molecule has 6 nitrogen and oxygen atoms in total. The molecule has 0 aromatic heterocycles. The van der Waals surface area contributed by atoms with Crippen LogP contribution in [-0.2, 0) is 9.53 Å². The van der Waals surface area contributed by atoms with Crippen molar-refractivity contribution in [3.8, 4) is 0 Å². The van der Waals surface area contributed by atoms with Gasteiger partial charge in [-0.05, 0) is 12.1 Å². The molecule has 0 spiro atoms. The fraction of sp³-hybridized carbons (Fsp3) is 0.467. The summed E-state index contributed by atoms with van der Waals surface area (Å²) in [6, 6.07) is 9.17. The number of ether oxygens (including phenoxy) is 1. The molecule has 0 bridgehead atoms. The zero-order valence-corrected chi connectivity index (χ0v) is 13.4. The van der Waals surface area contributed by atoms with Gasteiger partial charge in [-0.2, -0.15) is 0 Å². The highest BCUT2D eigenvalue weighted by Gasteiger charge is 2.28. The van der Waals surface area contributed by atoms with Crippen molar-refractivity contribution in [3.63, 3.8) is 0 Å². The molecule has 7 heteroatoms. The summed E-state index contributed by atoms with van der Waals surface area (Å²) in [5.41, 5.74) is 6.18. The molecular weight excluding hydrogens is 306 g/mol. The predicted molar refractivity (Wildman–Crippen MR) is 86.0 cm³/mol. The summed E-state index contributed by atoms with van der Waals surface area (Å²) in [5.74, 6) is -0.100. The Morgan fingerprint density at radius 3 is 2.18 bits per heavy atom. The largest absolute Gasteiger partial charge is 0.370 e. The summed E-state index contributed by atoms with van der Waals surface area (Å²) >= 11 is 0. The monoisotopic (exact) mass is 327 g/mol. The molecule has 0 radical (unpaired) electrons. The lowest BCUT2D eigenvalue weighted by molar-refractivity contribution is -0.142. The van der Waals surface area contributed by atoms with Crippen LogP contribution in [0.2, 0.25) is 0 Å². The van der Waals surface area contributed by atoms with E-state index in [-0.39, 0.29) is 30.8 Å². The van der Waals surface area contributed by atoms with Gasteiger partial charge in [0.15, 0.2) is 0 Å². The van der Waals surface area contributed by atoms with Gasteiger partial charge in [0, 0.05) is 45.4 Å². The number of carbonyl (C=O) groups is 2. The van der Waals surface area contributed by atoms with Crippen molar-refractivity contribution in [2.24, 2.45) is 5.73 Å². The number of halogens is 1.